The van der Waals surface area contributed by atoms with E-state index < -0.39 is 6.04 Å². The van der Waals surface area contributed by atoms with Crippen LogP contribution in [0.1, 0.15) is 35.0 Å². The molecule has 0 bridgehead atoms. The van der Waals surface area contributed by atoms with E-state index in [0.717, 1.165) is 15.8 Å². The largest absolute Gasteiger partial charge is 0.336 e. The molecule has 0 aliphatic rings. The lowest BCUT2D eigenvalue weighted by Crippen LogP contribution is -2.33. The third kappa shape index (κ3) is 3.32. The van der Waals surface area contributed by atoms with E-state index in [2.05, 4.69) is 27.3 Å². The summed E-state index contributed by atoms with van der Waals surface area (Å²) in [7, 11) is 0. The zero-order valence-electron chi connectivity index (χ0n) is 9.21. The van der Waals surface area contributed by atoms with Gasteiger partial charge in [0.15, 0.2) is 0 Å². The zero-order valence-corrected chi connectivity index (χ0v) is 11.6. The van der Waals surface area contributed by atoms with Crippen molar-refractivity contribution >= 4 is 33.2 Å². The Balaban J connectivity index is 2.68. The number of carbonyl (C=O) groups is 1. The highest BCUT2D eigenvalue weighted by atomic mass is 79.9. The summed E-state index contributed by atoms with van der Waals surface area (Å²) in [4.78, 5) is 12.4. The summed E-state index contributed by atoms with van der Waals surface area (Å²) in [6.07, 6.45) is 1.57. The van der Waals surface area contributed by atoms with Gasteiger partial charge in [-0.25, -0.2) is 0 Å². The van der Waals surface area contributed by atoms with Crippen LogP contribution in [0, 0.1) is 18.3 Å². The minimum atomic E-state index is -0.390. The number of nitrogens with zero attached hydrogens (tertiary/aromatic N) is 1. The molecule has 1 aromatic rings. The molecule has 0 saturated carbocycles. The van der Waals surface area contributed by atoms with E-state index >= 15 is 0 Å². The van der Waals surface area contributed by atoms with Crippen molar-refractivity contribution in [2.75, 3.05) is 0 Å². The summed E-state index contributed by atoms with van der Waals surface area (Å²) in [6, 6.07) is 3.52. The summed E-state index contributed by atoms with van der Waals surface area (Å²) < 4.78 is 0.960. The normalized spacial score (nSPS) is 11.9. The van der Waals surface area contributed by atoms with E-state index in [9.17, 15) is 4.79 Å². The fraction of sp³-hybridized carbons (Fsp3) is 0.455. The molecule has 0 spiro atoms. The maximum atomic E-state index is 11.8. The predicted octanol–water partition coefficient (Wildman–Crippen LogP) is 3.24. The molecule has 0 aromatic carbocycles. The van der Waals surface area contributed by atoms with Gasteiger partial charge in [-0.15, -0.1) is 11.3 Å². The summed E-state index contributed by atoms with van der Waals surface area (Å²) in [6.45, 7) is 3.92. The lowest BCUT2D eigenvalue weighted by Gasteiger charge is -2.08. The maximum Gasteiger partial charge on any atom is 0.262 e. The van der Waals surface area contributed by atoms with Crippen molar-refractivity contribution < 1.29 is 4.79 Å². The van der Waals surface area contributed by atoms with Crippen LogP contribution < -0.4 is 5.32 Å². The van der Waals surface area contributed by atoms with Gasteiger partial charge >= 0.3 is 0 Å². The van der Waals surface area contributed by atoms with Crippen molar-refractivity contribution in [2.24, 2.45) is 0 Å². The Labute approximate surface area is 108 Å². The molecule has 3 nitrogen and oxygen atoms in total. The lowest BCUT2D eigenvalue weighted by molar-refractivity contribution is 0.0948. The second kappa shape index (κ2) is 6.02. The van der Waals surface area contributed by atoms with Crippen molar-refractivity contribution in [3.8, 4) is 6.07 Å². The maximum absolute atomic E-state index is 11.8. The van der Waals surface area contributed by atoms with Crippen LogP contribution in [0.25, 0.3) is 0 Å². The van der Waals surface area contributed by atoms with E-state index in [1.165, 1.54) is 11.3 Å². The molecule has 1 N–H and O–H groups in total. The van der Waals surface area contributed by atoms with Gasteiger partial charge < -0.3 is 5.32 Å². The minimum absolute atomic E-state index is 0.168. The third-order valence-corrected chi connectivity index (χ3v) is 4.25. The van der Waals surface area contributed by atoms with Crippen LogP contribution in [0.3, 0.4) is 0 Å². The Kier molecular flexibility index (Phi) is 4.97. The summed E-state index contributed by atoms with van der Waals surface area (Å²) >= 11 is 4.76. The molecule has 0 aliphatic carbocycles. The number of carbonyl (C=O) groups excluding carboxylic acids is 1. The number of hydrogen-bond donors (Lipinski definition) is 1. The lowest BCUT2D eigenvalue weighted by atomic mass is 10.2. The minimum Gasteiger partial charge on any atom is -0.336 e. The van der Waals surface area contributed by atoms with Crippen molar-refractivity contribution in [2.45, 2.75) is 32.7 Å². The van der Waals surface area contributed by atoms with Crippen molar-refractivity contribution in [1.82, 2.24) is 5.32 Å². The third-order valence-electron chi connectivity index (χ3n) is 2.12. The Hall–Kier alpha value is -0.860. The topological polar surface area (TPSA) is 52.9 Å². The Morgan fingerprint density at radius 3 is 2.88 bits per heavy atom. The molecule has 0 aliphatic heterocycles. The van der Waals surface area contributed by atoms with Gasteiger partial charge in [-0.2, -0.15) is 5.26 Å². The van der Waals surface area contributed by atoms with Gasteiger partial charge in [-0.3, -0.25) is 4.79 Å². The van der Waals surface area contributed by atoms with Crippen LogP contribution in [0.2, 0.25) is 0 Å². The van der Waals surface area contributed by atoms with Gasteiger partial charge in [0.25, 0.3) is 5.91 Å². The first-order chi connectivity index (χ1) is 7.58. The molecule has 1 atom stereocenters. The molecular weight excluding hydrogens is 288 g/mol. The average molecular weight is 301 g/mol. The van der Waals surface area contributed by atoms with Crippen LogP contribution in [0.5, 0.6) is 0 Å². The number of amides is 1. The Morgan fingerprint density at radius 2 is 2.44 bits per heavy atom. The second-order valence-electron chi connectivity index (χ2n) is 3.51. The summed E-state index contributed by atoms with van der Waals surface area (Å²) in [5, 5.41) is 11.6. The van der Waals surface area contributed by atoms with E-state index in [-0.39, 0.29) is 5.91 Å². The van der Waals surface area contributed by atoms with Crippen LogP contribution in [0.4, 0.5) is 0 Å². The van der Waals surface area contributed by atoms with Crippen LogP contribution in [0.15, 0.2) is 9.85 Å². The highest BCUT2D eigenvalue weighted by molar-refractivity contribution is 9.11. The standard InChI is InChI=1S/C11H13BrN2OS/c1-3-4-8(6-13)14-11(15)9-5-7(2)10(12)16-9/h5,8H,3-4H2,1-2H3,(H,14,15). The molecule has 1 heterocycles. The van der Waals surface area contributed by atoms with E-state index in [4.69, 9.17) is 5.26 Å². The van der Waals surface area contributed by atoms with Crippen molar-refractivity contribution in [3.05, 3.63) is 20.3 Å². The quantitative estimate of drug-likeness (QED) is 0.928. The first kappa shape index (κ1) is 13.2. The van der Waals surface area contributed by atoms with Crippen molar-refractivity contribution in [1.29, 1.82) is 5.26 Å². The van der Waals surface area contributed by atoms with E-state index in [1.807, 2.05) is 19.9 Å². The molecular formula is C11H13BrN2OS. The fourth-order valence-electron chi connectivity index (χ4n) is 1.26. The number of hydrogen-bond acceptors (Lipinski definition) is 3. The number of halogens is 1. The van der Waals surface area contributed by atoms with Crippen LogP contribution in [-0.4, -0.2) is 11.9 Å². The molecule has 0 saturated heterocycles. The molecule has 1 rings (SSSR count). The second-order valence-corrected chi connectivity index (χ2v) is 5.88. The zero-order chi connectivity index (χ0) is 12.1. The predicted molar refractivity (Wildman–Crippen MR) is 68.5 cm³/mol. The molecule has 5 heteroatoms. The molecule has 0 fully saturated rings. The number of nitrogens with one attached hydrogen (secondary N) is 1. The highest BCUT2D eigenvalue weighted by Gasteiger charge is 2.15. The number of nitriles is 1. The summed E-state index contributed by atoms with van der Waals surface area (Å²) in [5.41, 5.74) is 1.04. The highest BCUT2D eigenvalue weighted by Crippen LogP contribution is 2.27. The monoisotopic (exact) mass is 300 g/mol. The first-order valence-electron chi connectivity index (χ1n) is 5.05. The first-order valence-corrected chi connectivity index (χ1v) is 6.65. The van der Waals surface area contributed by atoms with Gasteiger partial charge in [0, 0.05) is 0 Å². The van der Waals surface area contributed by atoms with Gasteiger partial charge in [0.05, 0.1) is 14.7 Å². The van der Waals surface area contributed by atoms with Gasteiger partial charge in [0.1, 0.15) is 6.04 Å². The smallest absolute Gasteiger partial charge is 0.262 e. The van der Waals surface area contributed by atoms with Gasteiger partial charge in [-0.05, 0) is 40.9 Å². The average Bonchev–Trinajstić information content (AvgIpc) is 2.58. The molecule has 0 radical (unpaired) electrons. The van der Waals surface area contributed by atoms with E-state index in [1.54, 1.807) is 0 Å². The number of rotatable bonds is 4. The van der Waals surface area contributed by atoms with Crippen LogP contribution in [-0.2, 0) is 0 Å². The SMILES string of the molecule is CCCC(C#N)NC(=O)c1cc(C)c(Br)s1. The Morgan fingerprint density at radius 1 is 1.75 bits per heavy atom. The number of thiophene rings is 1. The van der Waals surface area contributed by atoms with Gasteiger partial charge in [-0.1, -0.05) is 13.3 Å². The molecule has 16 heavy (non-hydrogen) atoms. The molecule has 1 unspecified atom stereocenters. The van der Waals surface area contributed by atoms with E-state index in [0.29, 0.717) is 11.3 Å². The fourth-order valence-corrected chi connectivity index (χ4v) is 2.70. The van der Waals surface area contributed by atoms with Crippen molar-refractivity contribution in [3.63, 3.8) is 0 Å². The molecule has 1 amide bonds. The summed E-state index contributed by atoms with van der Waals surface area (Å²) in [5.74, 6) is -0.168. The van der Waals surface area contributed by atoms with Gasteiger partial charge in [0.2, 0.25) is 0 Å². The molecule has 86 valence electrons. The number of aryl methyl sites for hydroxylation is 1. The Bertz CT molecular complexity index is 403. The van der Waals surface area contributed by atoms with Crippen LogP contribution >= 0.6 is 27.3 Å². The molecule has 1 aromatic heterocycles.